The third-order valence-electron chi connectivity index (χ3n) is 9.26. The number of rotatable bonds is 19. The topological polar surface area (TPSA) is 166 Å². The monoisotopic (exact) mass is 734 g/mol. The van der Waals surface area contributed by atoms with Gasteiger partial charge in [0.1, 0.15) is 17.6 Å². The van der Waals surface area contributed by atoms with Gasteiger partial charge in [0, 0.05) is 65.7 Å². The van der Waals surface area contributed by atoms with Gasteiger partial charge in [-0.05, 0) is 83.8 Å². The lowest BCUT2D eigenvalue weighted by molar-refractivity contribution is -0.119. The molecule has 0 aliphatic heterocycles. The van der Waals surface area contributed by atoms with Crippen molar-refractivity contribution in [2.45, 2.75) is 55.0 Å². The van der Waals surface area contributed by atoms with E-state index in [-0.39, 0.29) is 48.3 Å². The lowest BCUT2D eigenvalue weighted by Gasteiger charge is -2.24. The number of aliphatic hydroxyl groups is 1. The molecule has 0 saturated heterocycles. The van der Waals surface area contributed by atoms with Crippen LogP contribution in [0.3, 0.4) is 0 Å². The Bertz CT molecular complexity index is 1940. The minimum atomic E-state index is -3.90. The molecule has 0 bridgehead atoms. The molecule has 1 aliphatic rings. The molecule has 4 aromatic rings. The molecule has 0 radical (unpaired) electrons. The Morgan fingerprint density at radius 1 is 1.08 bits per heavy atom. The van der Waals surface area contributed by atoms with Gasteiger partial charge in [0.25, 0.3) is 0 Å². The van der Waals surface area contributed by atoms with E-state index in [1.54, 1.807) is 66.9 Å². The molecule has 51 heavy (non-hydrogen) atoms. The number of nitrogens with zero attached hydrogens (tertiary/aromatic N) is 4. The van der Waals surface area contributed by atoms with E-state index in [2.05, 4.69) is 25.0 Å². The van der Waals surface area contributed by atoms with Gasteiger partial charge in [0.05, 0.1) is 12.0 Å². The Hall–Kier alpha value is -4.36. The standard InChI is InChI=1S/C37H40ClFN6O5S/c1-50-34-17-12-27(21-42-34)35(25-10-13-28(38)14-11-25)36(43-45-40)33(47)20-26-6-5-9-32(39)31(26)16-15-29(22-41-23-37(24-46)18-19-37)44-51(48,49)30-7-3-2-4-8-30/h2-14,17,21,29,35-36,41,44,46H,15-16,18-20,22-24H2,1H3/t29-,35-,36+/m0/s1. The molecule has 1 heterocycles. The maximum absolute atomic E-state index is 15.6. The summed E-state index contributed by atoms with van der Waals surface area (Å²) in [5.74, 6) is -1.36. The van der Waals surface area contributed by atoms with Crippen LogP contribution in [0.5, 0.6) is 5.88 Å². The molecule has 3 aromatic carbocycles. The van der Waals surface area contributed by atoms with Crippen molar-refractivity contribution in [1.82, 2.24) is 15.0 Å². The largest absolute Gasteiger partial charge is 0.481 e. The second kappa shape index (κ2) is 17.2. The molecule has 268 valence electrons. The molecule has 14 heteroatoms. The van der Waals surface area contributed by atoms with Crippen LogP contribution < -0.4 is 14.8 Å². The summed E-state index contributed by atoms with van der Waals surface area (Å²) in [6.07, 6.45) is 3.39. The zero-order valence-electron chi connectivity index (χ0n) is 28.1. The van der Waals surface area contributed by atoms with E-state index in [0.29, 0.717) is 34.1 Å². The lowest BCUT2D eigenvalue weighted by Crippen LogP contribution is -2.44. The molecule has 11 nitrogen and oxygen atoms in total. The first kappa shape index (κ1) is 37.9. The summed E-state index contributed by atoms with van der Waals surface area (Å²) in [5.41, 5.74) is 11.3. The Morgan fingerprint density at radius 3 is 2.43 bits per heavy atom. The number of aliphatic hydroxyl groups excluding tert-OH is 1. The highest BCUT2D eigenvalue weighted by molar-refractivity contribution is 7.89. The first-order valence-electron chi connectivity index (χ1n) is 16.6. The average Bonchev–Trinajstić information content (AvgIpc) is 3.92. The van der Waals surface area contributed by atoms with E-state index in [4.69, 9.17) is 16.3 Å². The van der Waals surface area contributed by atoms with E-state index in [1.165, 1.54) is 31.4 Å². The summed E-state index contributed by atoms with van der Waals surface area (Å²) < 4.78 is 50.1. The van der Waals surface area contributed by atoms with Gasteiger partial charge in [-0.2, -0.15) is 0 Å². The van der Waals surface area contributed by atoms with Crippen LogP contribution in [-0.2, 0) is 27.7 Å². The van der Waals surface area contributed by atoms with E-state index < -0.39 is 39.6 Å². The van der Waals surface area contributed by atoms with Gasteiger partial charge in [-0.1, -0.05) is 65.2 Å². The zero-order chi connectivity index (χ0) is 36.4. The van der Waals surface area contributed by atoms with Gasteiger partial charge >= 0.3 is 0 Å². The molecule has 0 unspecified atom stereocenters. The smallest absolute Gasteiger partial charge is 0.240 e. The Balaban J connectivity index is 1.39. The Kier molecular flexibility index (Phi) is 12.8. The molecule has 1 aromatic heterocycles. The number of benzene rings is 3. The van der Waals surface area contributed by atoms with Gasteiger partial charge < -0.3 is 15.2 Å². The first-order valence-corrected chi connectivity index (χ1v) is 18.4. The number of Topliss-reactive ketones (excluding diaryl/α,β-unsaturated/α-hetero) is 1. The fraction of sp³-hybridized carbons (Fsp3) is 0.351. The maximum atomic E-state index is 15.6. The van der Waals surface area contributed by atoms with Crippen LogP contribution in [0.2, 0.25) is 5.02 Å². The van der Waals surface area contributed by atoms with Crippen LogP contribution >= 0.6 is 11.6 Å². The predicted octanol–water partition coefficient (Wildman–Crippen LogP) is 6.15. The molecule has 1 aliphatic carbocycles. The SMILES string of the molecule is COc1ccc([C@H](c2ccc(Cl)cc2)[C@H](N=[N+]=[N-])C(=O)Cc2cccc(F)c2CC[C@@H](CNCC2(CO)CC2)NS(=O)(=O)c2ccccc2)cn1. The molecule has 1 saturated carbocycles. The van der Waals surface area contributed by atoms with Crippen LogP contribution in [-0.4, -0.2) is 63.2 Å². The second-order valence-electron chi connectivity index (χ2n) is 12.8. The number of halogens is 2. The van der Waals surface area contributed by atoms with E-state index in [1.807, 2.05) is 0 Å². The highest BCUT2D eigenvalue weighted by atomic mass is 35.5. The Labute approximate surface area is 301 Å². The maximum Gasteiger partial charge on any atom is 0.240 e. The van der Waals surface area contributed by atoms with E-state index >= 15 is 4.39 Å². The van der Waals surface area contributed by atoms with Gasteiger partial charge in [-0.25, -0.2) is 22.5 Å². The number of ether oxygens (including phenoxy) is 1. The average molecular weight is 735 g/mol. The first-order chi connectivity index (χ1) is 24.6. The van der Waals surface area contributed by atoms with Crippen molar-refractivity contribution in [2.75, 3.05) is 26.8 Å². The fourth-order valence-corrected chi connectivity index (χ4v) is 7.54. The summed E-state index contributed by atoms with van der Waals surface area (Å²) in [5, 5.41) is 17.5. The molecule has 5 rings (SSSR count). The van der Waals surface area contributed by atoms with Gasteiger partial charge in [0.2, 0.25) is 15.9 Å². The number of pyridine rings is 1. The molecule has 0 amide bonds. The third-order valence-corrected chi connectivity index (χ3v) is 11.0. The molecule has 3 N–H and O–H groups in total. The van der Waals surface area contributed by atoms with Crippen molar-refractivity contribution in [3.05, 3.63) is 135 Å². The van der Waals surface area contributed by atoms with Crippen LogP contribution in [0.25, 0.3) is 10.4 Å². The molecule has 3 atom stereocenters. The van der Waals surface area contributed by atoms with Crippen molar-refractivity contribution >= 4 is 27.4 Å². The number of methoxy groups -OCH3 is 1. The number of azide groups is 1. The number of sulfonamides is 1. The number of aromatic nitrogens is 1. The summed E-state index contributed by atoms with van der Waals surface area (Å²) in [7, 11) is -2.42. The third kappa shape index (κ3) is 9.91. The second-order valence-corrected chi connectivity index (χ2v) is 14.9. The normalized spacial score (nSPS) is 15.3. The number of hydrogen-bond acceptors (Lipinski definition) is 8. The van der Waals surface area contributed by atoms with Crippen molar-refractivity contribution in [1.29, 1.82) is 0 Å². The quantitative estimate of drug-likeness (QED) is 0.0591. The Morgan fingerprint density at radius 2 is 1.80 bits per heavy atom. The van der Waals surface area contributed by atoms with Gasteiger partial charge in [-0.15, -0.1) is 0 Å². The van der Waals surface area contributed by atoms with Crippen LogP contribution in [0, 0.1) is 11.2 Å². The van der Waals surface area contributed by atoms with Crippen molar-refractivity contribution in [2.24, 2.45) is 10.5 Å². The van der Waals surface area contributed by atoms with Crippen LogP contribution in [0.4, 0.5) is 4.39 Å². The fourth-order valence-electron chi connectivity index (χ4n) is 6.12. The zero-order valence-corrected chi connectivity index (χ0v) is 29.7. The van der Waals surface area contributed by atoms with Crippen molar-refractivity contribution in [3.63, 3.8) is 0 Å². The van der Waals surface area contributed by atoms with E-state index in [0.717, 1.165) is 12.8 Å². The van der Waals surface area contributed by atoms with Crippen LogP contribution in [0.1, 0.15) is 47.4 Å². The summed E-state index contributed by atoms with van der Waals surface area (Å²) >= 11 is 6.16. The molecular formula is C37H40ClFN6O5S. The minimum absolute atomic E-state index is 0.0394. The van der Waals surface area contributed by atoms with Gasteiger partial charge in [0.15, 0.2) is 0 Å². The summed E-state index contributed by atoms with van der Waals surface area (Å²) in [6, 6.07) is 20.8. The predicted molar refractivity (Wildman–Crippen MR) is 193 cm³/mol. The summed E-state index contributed by atoms with van der Waals surface area (Å²) in [6.45, 7) is 0.803. The molecule has 1 fully saturated rings. The van der Waals surface area contributed by atoms with Crippen molar-refractivity contribution in [3.8, 4) is 5.88 Å². The number of carbonyl (C=O) groups excluding carboxylic acids is 1. The number of carbonyl (C=O) groups is 1. The number of ketones is 1. The van der Waals surface area contributed by atoms with E-state index in [9.17, 15) is 23.8 Å². The van der Waals surface area contributed by atoms with Crippen LogP contribution in [0.15, 0.2) is 101 Å². The lowest BCUT2D eigenvalue weighted by atomic mass is 9.82. The van der Waals surface area contributed by atoms with Crippen molar-refractivity contribution < 1.29 is 27.4 Å². The highest BCUT2D eigenvalue weighted by Crippen LogP contribution is 2.44. The summed E-state index contributed by atoms with van der Waals surface area (Å²) in [4.78, 5) is 21.5. The van der Waals surface area contributed by atoms with Gasteiger partial charge in [-0.3, -0.25) is 4.79 Å². The molecule has 0 spiro atoms. The number of nitrogens with one attached hydrogen (secondary N) is 2. The minimum Gasteiger partial charge on any atom is -0.481 e. The highest BCUT2D eigenvalue weighted by Gasteiger charge is 2.41. The number of hydrogen-bond donors (Lipinski definition) is 3. The molecular weight excluding hydrogens is 695 g/mol.